The normalized spacial score (nSPS) is 14.9. The maximum absolute atomic E-state index is 12.9. The van der Waals surface area contributed by atoms with E-state index in [2.05, 4.69) is 10.4 Å². The van der Waals surface area contributed by atoms with Gasteiger partial charge in [0.1, 0.15) is 4.90 Å². The zero-order valence-corrected chi connectivity index (χ0v) is 17.8. The molecule has 1 saturated heterocycles. The molecule has 0 radical (unpaired) electrons. The average molecular weight is 419 g/mol. The van der Waals surface area contributed by atoms with Gasteiger partial charge in [0.05, 0.1) is 17.9 Å². The van der Waals surface area contributed by atoms with Gasteiger partial charge in [-0.3, -0.25) is 14.3 Å². The molecule has 0 saturated carbocycles. The third-order valence-corrected chi connectivity index (χ3v) is 7.26. The van der Waals surface area contributed by atoms with Crippen LogP contribution >= 0.6 is 0 Å². The van der Waals surface area contributed by atoms with Crippen LogP contribution in [0.3, 0.4) is 0 Å². The van der Waals surface area contributed by atoms with Crippen molar-refractivity contribution in [2.75, 3.05) is 18.4 Å². The van der Waals surface area contributed by atoms with E-state index in [9.17, 15) is 18.0 Å². The molecule has 0 bridgehead atoms. The lowest BCUT2D eigenvalue weighted by atomic mass is 10.1. The highest BCUT2D eigenvalue weighted by Crippen LogP contribution is 2.26. The Morgan fingerprint density at radius 2 is 1.72 bits per heavy atom. The first kappa shape index (κ1) is 21.2. The van der Waals surface area contributed by atoms with Crippen molar-refractivity contribution in [1.82, 2.24) is 14.1 Å². The van der Waals surface area contributed by atoms with Gasteiger partial charge in [0.15, 0.2) is 5.78 Å². The summed E-state index contributed by atoms with van der Waals surface area (Å²) in [5.74, 6) is -0.246. The van der Waals surface area contributed by atoms with Crippen molar-refractivity contribution in [2.24, 2.45) is 0 Å². The van der Waals surface area contributed by atoms with Crippen molar-refractivity contribution in [3.8, 4) is 0 Å². The number of amides is 1. The number of hydrogen-bond acceptors (Lipinski definition) is 5. The lowest BCUT2D eigenvalue weighted by molar-refractivity contribution is -0.116. The molecule has 0 atom stereocenters. The first-order valence-corrected chi connectivity index (χ1v) is 11.1. The molecule has 0 unspecified atom stereocenters. The van der Waals surface area contributed by atoms with E-state index in [1.54, 1.807) is 42.8 Å². The van der Waals surface area contributed by atoms with Gasteiger partial charge in [-0.1, -0.05) is 0 Å². The van der Waals surface area contributed by atoms with Gasteiger partial charge in [0.25, 0.3) is 0 Å². The van der Waals surface area contributed by atoms with Gasteiger partial charge in [0.2, 0.25) is 15.9 Å². The van der Waals surface area contributed by atoms with Crippen LogP contribution in [0.15, 0.2) is 29.2 Å². The summed E-state index contributed by atoms with van der Waals surface area (Å²) in [6.07, 6.45) is 1.90. The highest BCUT2D eigenvalue weighted by atomic mass is 32.2. The van der Waals surface area contributed by atoms with Crippen LogP contribution in [0.1, 0.15) is 47.9 Å². The lowest BCUT2D eigenvalue weighted by Crippen LogP contribution is -2.28. The molecular weight excluding hydrogens is 392 g/mol. The monoisotopic (exact) mass is 418 g/mol. The quantitative estimate of drug-likeness (QED) is 0.696. The van der Waals surface area contributed by atoms with E-state index in [1.165, 1.54) is 11.2 Å². The van der Waals surface area contributed by atoms with Crippen LogP contribution in [0.5, 0.6) is 0 Å². The van der Waals surface area contributed by atoms with Crippen LogP contribution in [0.2, 0.25) is 0 Å². The van der Waals surface area contributed by atoms with Gasteiger partial charge in [-0.2, -0.15) is 9.40 Å². The summed E-state index contributed by atoms with van der Waals surface area (Å²) >= 11 is 0. The van der Waals surface area contributed by atoms with E-state index in [0.29, 0.717) is 35.7 Å². The second-order valence-corrected chi connectivity index (χ2v) is 9.14. The van der Waals surface area contributed by atoms with Gasteiger partial charge < -0.3 is 5.32 Å². The van der Waals surface area contributed by atoms with Crippen molar-refractivity contribution in [3.05, 3.63) is 41.2 Å². The van der Waals surface area contributed by atoms with Gasteiger partial charge in [-0.25, -0.2) is 8.42 Å². The fourth-order valence-corrected chi connectivity index (χ4v) is 5.44. The molecule has 1 amide bonds. The van der Waals surface area contributed by atoms with E-state index in [-0.39, 0.29) is 29.6 Å². The molecular formula is C20H26N4O4S. The number of nitrogens with zero attached hydrogens (tertiary/aromatic N) is 3. The van der Waals surface area contributed by atoms with Crippen LogP contribution in [0.4, 0.5) is 5.69 Å². The van der Waals surface area contributed by atoms with Crippen LogP contribution in [0, 0.1) is 13.8 Å². The molecule has 2 aromatic rings. The standard InChI is InChI=1S/C20H26N4O4S/c1-14-20(29(27,28)23-11-4-5-12-23)15(2)24(22-14)13-10-19(26)21-18-8-6-17(7-9-18)16(3)25/h6-9H,4-5,10-13H2,1-3H3,(H,21,26). The Hall–Kier alpha value is -2.52. The first-order valence-electron chi connectivity index (χ1n) is 9.65. The number of carbonyl (C=O) groups excluding carboxylic acids is 2. The Kier molecular flexibility index (Phi) is 6.18. The summed E-state index contributed by atoms with van der Waals surface area (Å²) < 4.78 is 28.9. The van der Waals surface area contributed by atoms with Crippen molar-refractivity contribution in [3.63, 3.8) is 0 Å². The second kappa shape index (κ2) is 8.46. The third-order valence-electron chi connectivity index (χ3n) is 5.10. The van der Waals surface area contributed by atoms with Gasteiger partial charge >= 0.3 is 0 Å². The maximum Gasteiger partial charge on any atom is 0.246 e. The molecule has 1 aromatic heterocycles. The van der Waals surface area contributed by atoms with Crippen LogP contribution < -0.4 is 5.32 Å². The van der Waals surface area contributed by atoms with E-state index >= 15 is 0 Å². The Balaban J connectivity index is 1.66. The topological polar surface area (TPSA) is 101 Å². The average Bonchev–Trinajstić information content (AvgIpc) is 3.29. The fraction of sp³-hybridized carbons (Fsp3) is 0.450. The van der Waals surface area contributed by atoms with Crippen molar-refractivity contribution in [2.45, 2.75) is 51.5 Å². The highest BCUT2D eigenvalue weighted by Gasteiger charge is 2.32. The van der Waals surface area contributed by atoms with Crippen molar-refractivity contribution in [1.29, 1.82) is 0 Å². The summed E-state index contributed by atoms with van der Waals surface area (Å²) in [7, 11) is -3.56. The van der Waals surface area contributed by atoms with Crippen molar-refractivity contribution >= 4 is 27.4 Å². The predicted molar refractivity (Wildman–Crippen MR) is 109 cm³/mol. The molecule has 1 N–H and O–H groups in total. The minimum Gasteiger partial charge on any atom is -0.326 e. The molecule has 3 rings (SSSR count). The molecule has 1 aliphatic heterocycles. The summed E-state index contributed by atoms with van der Waals surface area (Å²) in [6, 6.07) is 6.68. The summed E-state index contributed by atoms with van der Waals surface area (Å²) in [6.45, 7) is 6.25. The number of carbonyl (C=O) groups is 2. The van der Waals surface area contributed by atoms with Crippen LogP contribution in [-0.2, 0) is 21.4 Å². The fourth-order valence-electron chi connectivity index (χ4n) is 3.55. The molecule has 1 aliphatic rings. The minimum absolute atomic E-state index is 0.0351. The SMILES string of the molecule is CC(=O)c1ccc(NC(=O)CCn2nc(C)c(S(=O)(=O)N3CCCC3)c2C)cc1. The molecule has 1 fully saturated rings. The summed E-state index contributed by atoms with van der Waals surface area (Å²) in [4.78, 5) is 23.8. The number of sulfonamides is 1. The number of anilines is 1. The first-order chi connectivity index (χ1) is 13.7. The van der Waals surface area contributed by atoms with Crippen LogP contribution in [-0.4, -0.2) is 47.3 Å². The second-order valence-electron chi connectivity index (χ2n) is 7.27. The van der Waals surface area contributed by atoms with Gasteiger partial charge in [-0.05, 0) is 57.9 Å². The zero-order valence-electron chi connectivity index (χ0n) is 16.9. The number of aromatic nitrogens is 2. The number of Topliss-reactive ketones (excluding diaryl/α,β-unsaturated/α-hetero) is 1. The molecule has 2 heterocycles. The highest BCUT2D eigenvalue weighted by molar-refractivity contribution is 7.89. The third kappa shape index (κ3) is 4.56. The summed E-state index contributed by atoms with van der Waals surface area (Å²) in [5.41, 5.74) is 2.19. The van der Waals surface area contributed by atoms with Gasteiger partial charge in [0, 0.05) is 30.8 Å². The Labute approximate surface area is 170 Å². The van der Waals surface area contributed by atoms with Gasteiger partial charge in [-0.15, -0.1) is 0 Å². The zero-order chi connectivity index (χ0) is 21.2. The van der Waals surface area contributed by atoms with E-state index in [1.807, 2.05) is 0 Å². The number of ketones is 1. The molecule has 8 nitrogen and oxygen atoms in total. The number of hydrogen-bond donors (Lipinski definition) is 1. The maximum atomic E-state index is 12.9. The molecule has 9 heteroatoms. The smallest absolute Gasteiger partial charge is 0.246 e. The number of aryl methyl sites for hydroxylation is 2. The number of rotatable bonds is 7. The Morgan fingerprint density at radius 3 is 2.31 bits per heavy atom. The Morgan fingerprint density at radius 1 is 1.10 bits per heavy atom. The molecule has 0 aliphatic carbocycles. The molecule has 29 heavy (non-hydrogen) atoms. The minimum atomic E-state index is -3.56. The number of nitrogens with one attached hydrogen (secondary N) is 1. The van der Waals surface area contributed by atoms with E-state index < -0.39 is 10.0 Å². The Bertz CT molecular complexity index is 1020. The van der Waals surface area contributed by atoms with E-state index in [4.69, 9.17) is 0 Å². The van der Waals surface area contributed by atoms with Crippen LogP contribution in [0.25, 0.3) is 0 Å². The number of benzene rings is 1. The largest absolute Gasteiger partial charge is 0.326 e. The summed E-state index contributed by atoms with van der Waals surface area (Å²) in [5, 5.41) is 7.13. The molecule has 1 aromatic carbocycles. The predicted octanol–water partition coefficient (Wildman–Crippen LogP) is 2.52. The molecule has 0 spiro atoms. The lowest BCUT2D eigenvalue weighted by Gasteiger charge is -2.15. The van der Waals surface area contributed by atoms with E-state index in [0.717, 1.165) is 12.8 Å². The molecule has 156 valence electrons. The van der Waals surface area contributed by atoms with Crippen molar-refractivity contribution < 1.29 is 18.0 Å².